The molecule has 0 aliphatic rings. The molecule has 0 unspecified atom stereocenters. The Balaban J connectivity index is 2.58. The number of benzene rings is 1. The zero-order chi connectivity index (χ0) is 11.1. The smallest absolute Gasteiger partial charge is 0.127 e. The van der Waals surface area contributed by atoms with Crippen LogP contribution in [0.15, 0.2) is 18.2 Å². The van der Waals surface area contributed by atoms with E-state index < -0.39 is 0 Å². The van der Waals surface area contributed by atoms with Crippen LogP contribution in [0.3, 0.4) is 0 Å². The molecule has 0 aliphatic carbocycles. The van der Waals surface area contributed by atoms with Gasteiger partial charge in [-0.1, -0.05) is 38.0 Å². The number of rotatable bonds is 6. The van der Waals surface area contributed by atoms with Crippen molar-refractivity contribution < 1.29 is 9.84 Å². The van der Waals surface area contributed by atoms with Crippen LogP contribution in [0.5, 0.6) is 5.75 Å². The van der Waals surface area contributed by atoms with Gasteiger partial charge in [-0.3, -0.25) is 0 Å². The van der Waals surface area contributed by atoms with Crippen molar-refractivity contribution in [2.75, 3.05) is 6.61 Å². The Bertz CT molecular complexity index is 295. The summed E-state index contributed by atoms with van der Waals surface area (Å²) in [6.45, 7) is 4.97. The molecule has 0 atom stereocenters. The van der Waals surface area contributed by atoms with E-state index in [1.807, 2.05) is 25.1 Å². The van der Waals surface area contributed by atoms with Gasteiger partial charge < -0.3 is 9.84 Å². The summed E-state index contributed by atoms with van der Waals surface area (Å²) in [5, 5.41) is 9.17. The fraction of sp³-hybridized carbons (Fsp3) is 0.538. The fourth-order valence-corrected chi connectivity index (χ4v) is 1.57. The zero-order valence-electron chi connectivity index (χ0n) is 9.62. The van der Waals surface area contributed by atoms with Gasteiger partial charge in [-0.15, -0.1) is 0 Å². The molecule has 84 valence electrons. The number of para-hydroxylation sites is 1. The van der Waals surface area contributed by atoms with E-state index >= 15 is 0 Å². The highest BCUT2D eigenvalue weighted by Crippen LogP contribution is 2.23. The largest absolute Gasteiger partial charge is 0.493 e. The van der Waals surface area contributed by atoms with E-state index in [-0.39, 0.29) is 6.61 Å². The SMILES string of the molecule is CCCCCOc1c(C)cccc1CO. The molecule has 1 aromatic carbocycles. The van der Waals surface area contributed by atoms with Gasteiger partial charge in [0, 0.05) is 5.56 Å². The fourth-order valence-electron chi connectivity index (χ4n) is 1.57. The number of aliphatic hydroxyl groups excluding tert-OH is 1. The average molecular weight is 208 g/mol. The van der Waals surface area contributed by atoms with Gasteiger partial charge in [0.05, 0.1) is 13.2 Å². The van der Waals surface area contributed by atoms with Gasteiger partial charge in [0.15, 0.2) is 0 Å². The molecule has 0 saturated heterocycles. The molecular weight excluding hydrogens is 188 g/mol. The second-order valence-electron chi connectivity index (χ2n) is 3.78. The molecular formula is C13H20O2. The van der Waals surface area contributed by atoms with E-state index in [0.717, 1.165) is 29.9 Å². The monoisotopic (exact) mass is 208 g/mol. The predicted octanol–water partition coefficient (Wildman–Crippen LogP) is 3.06. The second kappa shape index (κ2) is 6.46. The lowest BCUT2D eigenvalue weighted by atomic mass is 10.1. The molecule has 0 spiro atoms. The number of aliphatic hydroxyl groups is 1. The lowest BCUT2D eigenvalue weighted by molar-refractivity contribution is 0.259. The molecule has 0 aliphatic heterocycles. The van der Waals surface area contributed by atoms with Gasteiger partial charge in [-0.2, -0.15) is 0 Å². The summed E-state index contributed by atoms with van der Waals surface area (Å²) in [6.07, 6.45) is 3.47. The van der Waals surface area contributed by atoms with Gasteiger partial charge in [0.2, 0.25) is 0 Å². The van der Waals surface area contributed by atoms with E-state index in [1.54, 1.807) is 0 Å². The Morgan fingerprint density at radius 3 is 2.73 bits per heavy atom. The minimum atomic E-state index is 0.0464. The Hall–Kier alpha value is -1.02. The van der Waals surface area contributed by atoms with Gasteiger partial charge in [0.1, 0.15) is 5.75 Å². The molecule has 0 amide bonds. The molecule has 0 saturated carbocycles. The van der Waals surface area contributed by atoms with Crippen molar-refractivity contribution in [1.29, 1.82) is 0 Å². The third-order valence-corrected chi connectivity index (χ3v) is 2.46. The van der Waals surface area contributed by atoms with Crippen molar-refractivity contribution in [3.63, 3.8) is 0 Å². The van der Waals surface area contributed by atoms with E-state index in [9.17, 15) is 0 Å². The summed E-state index contributed by atoms with van der Waals surface area (Å²) >= 11 is 0. The minimum absolute atomic E-state index is 0.0464. The molecule has 2 nitrogen and oxygen atoms in total. The number of aryl methyl sites for hydroxylation is 1. The number of hydrogen-bond acceptors (Lipinski definition) is 2. The molecule has 1 N–H and O–H groups in total. The van der Waals surface area contributed by atoms with Crippen molar-refractivity contribution in [3.05, 3.63) is 29.3 Å². The Morgan fingerprint density at radius 2 is 2.07 bits per heavy atom. The van der Waals surface area contributed by atoms with Crippen LogP contribution in [0.25, 0.3) is 0 Å². The van der Waals surface area contributed by atoms with E-state index in [4.69, 9.17) is 9.84 Å². The van der Waals surface area contributed by atoms with Crippen LogP contribution in [0.2, 0.25) is 0 Å². The normalized spacial score (nSPS) is 10.3. The first-order valence-electron chi connectivity index (χ1n) is 5.61. The number of unbranched alkanes of at least 4 members (excludes halogenated alkanes) is 2. The maximum absolute atomic E-state index is 9.17. The molecule has 0 heterocycles. The first-order valence-corrected chi connectivity index (χ1v) is 5.61. The average Bonchev–Trinajstić information content (AvgIpc) is 2.26. The van der Waals surface area contributed by atoms with E-state index in [2.05, 4.69) is 6.92 Å². The summed E-state index contributed by atoms with van der Waals surface area (Å²) in [4.78, 5) is 0. The van der Waals surface area contributed by atoms with Crippen molar-refractivity contribution >= 4 is 0 Å². The van der Waals surface area contributed by atoms with Gasteiger partial charge in [0.25, 0.3) is 0 Å². The van der Waals surface area contributed by atoms with Crippen LogP contribution < -0.4 is 4.74 Å². The van der Waals surface area contributed by atoms with Crippen LogP contribution in [0, 0.1) is 6.92 Å². The van der Waals surface area contributed by atoms with Crippen molar-refractivity contribution in [2.45, 2.75) is 39.7 Å². The van der Waals surface area contributed by atoms with Gasteiger partial charge in [-0.05, 0) is 18.9 Å². The lowest BCUT2D eigenvalue weighted by Crippen LogP contribution is -2.02. The molecule has 0 radical (unpaired) electrons. The van der Waals surface area contributed by atoms with Gasteiger partial charge >= 0.3 is 0 Å². The van der Waals surface area contributed by atoms with Crippen LogP contribution in [0.1, 0.15) is 37.3 Å². The van der Waals surface area contributed by atoms with Crippen molar-refractivity contribution in [2.24, 2.45) is 0 Å². The van der Waals surface area contributed by atoms with Crippen molar-refractivity contribution in [1.82, 2.24) is 0 Å². The number of hydrogen-bond donors (Lipinski definition) is 1. The highest BCUT2D eigenvalue weighted by molar-refractivity contribution is 5.40. The molecule has 15 heavy (non-hydrogen) atoms. The summed E-state index contributed by atoms with van der Waals surface area (Å²) in [7, 11) is 0. The third kappa shape index (κ3) is 3.56. The lowest BCUT2D eigenvalue weighted by Gasteiger charge is -2.12. The Morgan fingerprint density at radius 1 is 1.27 bits per heavy atom. The third-order valence-electron chi connectivity index (χ3n) is 2.46. The topological polar surface area (TPSA) is 29.5 Å². The highest BCUT2D eigenvalue weighted by Gasteiger charge is 2.05. The summed E-state index contributed by atoms with van der Waals surface area (Å²) in [5.74, 6) is 0.858. The summed E-state index contributed by atoms with van der Waals surface area (Å²) in [6, 6.07) is 5.86. The molecule has 1 aromatic rings. The first-order chi connectivity index (χ1) is 7.29. The van der Waals surface area contributed by atoms with Crippen molar-refractivity contribution in [3.8, 4) is 5.75 Å². The second-order valence-corrected chi connectivity index (χ2v) is 3.78. The molecule has 0 bridgehead atoms. The van der Waals surface area contributed by atoms with E-state index in [0.29, 0.717) is 0 Å². The van der Waals surface area contributed by atoms with Gasteiger partial charge in [-0.25, -0.2) is 0 Å². The van der Waals surface area contributed by atoms with Crippen LogP contribution >= 0.6 is 0 Å². The van der Waals surface area contributed by atoms with Crippen LogP contribution in [-0.2, 0) is 6.61 Å². The Kier molecular flexibility index (Phi) is 5.19. The summed E-state index contributed by atoms with van der Waals surface area (Å²) in [5.41, 5.74) is 1.98. The molecule has 0 fully saturated rings. The van der Waals surface area contributed by atoms with E-state index in [1.165, 1.54) is 12.8 Å². The van der Waals surface area contributed by atoms with Crippen LogP contribution in [-0.4, -0.2) is 11.7 Å². The first kappa shape index (κ1) is 12.1. The Labute approximate surface area is 91.9 Å². The standard InChI is InChI=1S/C13H20O2/c1-3-4-5-9-15-13-11(2)7-6-8-12(13)10-14/h6-8,14H,3-5,9-10H2,1-2H3. The highest BCUT2D eigenvalue weighted by atomic mass is 16.5. The van der Waals surface area contributed by atoms with Crippen LogP contribution in [0.4, 0.5) is 0 Å². The minimum Gasteiger partial charge on any atom is -0.493 e. The maximum Gasteiger partial charge on any atom is 0.127 e. The molecule has 1 rings (SSSR count). The number of ether oxygens (including phenoxy) is 1. The zero-order valence-corrected chi connectivity index (χ0v) is 9.62. The quantitative estimate of drug-likeness (QED) is 0.728. The molecule has 2 heteroatoms. The molecule has 0 aromatic heterocycles. The predicted molar refractivity (Wildman–Crippen MR) is 62.1 cm³/mol. The summed E-state index contributed by atoms with van der Waals surface area (Å²) < 4.78 is 5.70. The maximum atomic E-state index is 9.17.